The molecule has 0 atom stereocenters. The summed E-state index contributed by atoms with van der Waals surface area (Å²) in [5, 5.41) is 1.03. The average Bonchev–Trinajstić information content (AvgIpc) is 3.02. The largest absolute Gasteiger partial charge is 0.452 e. The van der Waals surface area contributed by atoms with E-state index in [-0.39, 0.29) is 0 Å². The number of hydrogen-bond donors (Lipinski definition) is 0. The summed E-state index contributed by atoms with van der Waals surface area (Å²) < 4.78 is 16.9. The van der Waals surface area contributed by atoms with Gasteiger partial charge < -0.3 is 13.9 Å². The van der Waals surface area contributed by atoms with Crippen LogP contribution in [0.4, 0.5) is 0 Å². The number of rotatable bonds is 1. The molecular formula is C15H9O3. The highest BCUT2D eigenvalue weighted by atomic mass is 16.7. The molecule has 0 N–H and O–H groups in total. The first-order valence-electron chi connectivity index (χ1n) is 5.71. The summed E-state index contributed by atoms with van der Waals surface area (Å²) in [7, 11) is 0. The number of furan rings is 1. The van der Waals surface area contributed by atoms with Crippen LogP contribution in [-0.2, 0) is 0 Å². The molecule has 0 unspecified atom stereocenters. The molecule has 3 heteroatoms. The Labute approximate surface area is 104 Å². The Morgan fingerprint density at radius 1 is 0.722 bits per heavy atom. The summed E-state index contributed by atoms with van der Waals surface area (Å²) in [4.78, 5) is 0. The van der Waals surface area contributed by atoms with Gasteiger partial charge in [0.2, 0.25) is 0 Å². The predicted octanol–water partition coefficient (Wildman–Crippen LogP) is 3.74. The summed E-state index contributed by atoms with van der Waals surface area (Å²) in [5.41, 5.74) is 0.822. The van der Waals surface area contributed by atoms with Gasteiger partial charge in [0.05, 0.1) is 0 Å². The van der Waals surface area contributed by atoms with E-state index in [4.69, 9.17) is 13.9 Å². The fourth-order valence-corrected chi connectivity index (χ4v) is 2.02. The molecule has 0 bridgehead atoms. The van der Waals surface area contributed by atoms with E-state index in [1.165, 1.54) is 0 Å². The van der Waals surface area contributed by atoms with Crippen LogP contribution in [0.5, 0.6) is 11.5 Å². The quantitative estimate of drug-likeness (QED) is 0.646. The molecule has 0 spiro atoms. The highest BCUT2D eigenvalue weighted by molar-refractivity contribution is 5.78. The second kappa shape index (κ2) is 3.53. The minimum atomic E-state index is 0.396. The van der Waals surface area contributed by atoms with E-state index in [2.05, 4.69) is 0 Å². The maximum atomic E-state index is 5.70. The Morgan fingerprint density at radius 3 is 2.11 bits per heavy atom. The molecule has 1 aliphatic heterocycles. The van der Waals surface area contributed by atoms with Crippen molar-refractivity contribution in [1.29, 1.82) is 0 Å². The summed E-state index contributed by atoms with van der Waals surface area (Å²) >= 11 is 0. The highest BCUT2D eigenvalue weighted by Gasteiger charge is 2.31. The number of benzene rings is 2. The maximum absolute atomic E-state index is 5.70. The Morgan fingerprint density at radius 2 is 1.39 bits per heavy atom. The van der Waals surface area contributed by atoms with E-state index in [1.807, 2.05) is 54.6 Å². The van der Waals surface area contributed by atoms with Crippen molar-refractivity contribution in [2.75, 3.05) is 0 Å². The molecule has 0 fully saturated rings. The third-order valence-electron chi connectivity index (χ3n) is 2.88. The second-order valence-corrected chi connectivity index (χ2v) is 4.09. The predicted molar refractivity (Wildman–Crippen MR) is 66.3 cm³/mol. The normalized spacial score (nSPS) is 14.2. The molecule has 18 heavy (non-hydrogen) atoms. The van der Waals surface area contributed by atoms with Gasteiger partial charge in [0.15, 0.2) is 17.3 Å². The van der Waals surface area contributed by atoms with Crippen molar-refractivity contribution in [3.05, 3.63) is 66.6 Å². The van der Waals surface area contributed by atoms with Gasteiger partial charge in [0.1, 0.15) is 5.58 Å². The topological polar surface area (TPSA) is 31.6 Å². The summed E-state index contributed by atoms with van der Waals surface area (Å²) in [6, 6.07) is 17.3. The van der Waals surface area contributed by atoms with E-state index in [0.29, 0.717) is 23.5 Å². The molecule has 3 aromatic rings. The van der Waals surface area contributed by atoms with Gasteiger partial charge in [0, 0.05) is 5.39 Å². The minimum Gasteiger partial charge on any atom is -0.452 e. The number of fused-ring (bicyclic) bond motifs is 2. The third-order valence-corrected chi connectivity index (χ3v) is 2.88. The van der Waals surface area contributed by atoms with Crippen LogP contribution in [0, 0.1) is 6.29 Å². The fraction of sp³-hybridized carbons (Fsp3) is 0. The number of ether oxygens (including phenoxy) is 2. The molecule has 87 valence electrons. The van der Waals surface area contributed by atoms with Crippen LogP contribution in [0.1, 0.15) is 5.76 Å². The highest BCUT2D eigenvalue weighted by Crippen LogP contribution is 2.40. The summed E-state index contributed by atoms with van der Waals surface area (Å²) in [5.74, 6) is 2.04. The maximum Gasteiger partial charge on any atom is 0.400 e. The molecule has 1 aromatic heterocycles. The van der Waals surface area contributed by atoms with Gasteiger partial charge in [-0.05, 0) is 24.3 Å². The lowest BCUT2D eigenvalue weighted by Crippen LogP contribution is -2.07. The Bertz CT molecular complexity index is 656. The molecule has 2 heterocycles. The SMILES string of the molecule is c1ccc2c(c1)O[C](c1cc3ccccc3o1)O2. The zero-order valence-electron chi connectivity index (χ0n) is 9.42. The van der Waals surface area contributed by atoms with E-state index in [9.17, 15) is 0 Å². The van der Waals surface area contributed by atoms with Gasteiger partial charge in [-0.3, -0.25) is 0 Å². The molecular weight excluding hydrogens is 228 g/mol. The van der Waals surface area contributed by atoms with Crippen LogP contribution >= 0.6 is 0 Å². The molecule has 1 radical (unpaired) electrons. The lowest BCUT2D eigenvalue weighted by Gasteiger charge is -2.02. The second-order valence-electron chi connectivity index (χ2n) is 4.09. The standard InChI is InChI=1S/C15H9O3/c1-2-6-11-10(5-1)9-14(16-11)15-17-12-7-3-4-8-13(12)18-15/h1-9H. The van der Waals surface area contributed by atoms with Crippen LogP contribution in [0.2, 0.25) is 0 Å². The van der Waals surface area contributed by atoms with Crippen molar-refractivity contribution in [2.24, 2.45) is 0 Å². The monoisotopic (exact) mass is 237 g/mol. The van der Waals surface area contributed by atoms with Crippen LogP contribution in [0.25, 0.3) is 11.0 Å². The molecule has 1 aliphatic rings. The smallest absolute Gasteiger partial charge is 0.400 e. The fourth-order valence-electron chi connectivity index (χ4n) is 2.02. The number of hydrogen-bond acceptors (Lipinski definition) is 3. The van der Waals surface area contributed by atoms with Crippen LogP contribution < -0.4 is 9.47 Å². The van der Waals surface area contributed by atoms with Crippen LogP contribution in [-0.4, -0.2) is 0 Å². The van der Waals surface area contributed by atoms with Crippen LogP contribution in [0.15, 0.2) is 59.0 Å². The van der Waals surface area contributed by atoms with E-state index in [0.717, 1.165) is 11.0 Å². The molecule has 0 aliphatic carbocycles. The first-order chi connectivity index (χ1) is 8.90. The molecule has 3 nitrogen and oxygen atoms in total. The van der Waals surface area contributed by atoms with Crippen molar-refractivity contribution in [3.8, 4) is 11.5 Å². The van der Waals surface area contributed by atoms with Gasteiger partial charge in [-0.2, -0.15) is 0 Å². The molecule has 0 amide bonds. The lowest BCUT2D eigenvalue weighted by molar-refractivity contribution is 0.182. The third kappa shape index (κ3) is 1.37. The first-order valence-corrected chi connectivity index (χ1v) is 5.71. The molecule has 0 saturated heterocycles. The van der Waals surface area contributed by atoms with Crippen molar-refractivity contribution in [2.45, 2.75) is 0 Å². The average molecular weight is 237 g/mol. The summed E-state index contributed by atoms with van der Waals surface area (Å²) in [6.45, 7) is 0. The van der Waals surface area contributed by atoms with Gasteiger partial charge in [-0.25, -0.2) is 0 Å². The molecule has 4 rings (SSSR count). The van der Waals surface area contributed by atoms with E-state index in [1.54, 1.807) is 0 Å². The van der Waals surface area contributed by atoms with Crippen molar-refractivity contribution >= 4 is 11.0 Å². The number of para-hydroxylation sites is 3. The zero-order valence-corrected chi connectivity index (χ0v) is 9.42. The Kier molecular flexibility index (Phi) is 1.88. The van der Waals surface area contributed by atoms with Crippen molar-refractivity contribution in [3.63, 3.8) is 0 Å². The van der Waals surface area contributed by atoms with E-state index < -0.39 is 0 Å². The van der Waals surface area contributed by atoms with Gasteiger partial charge in [0.25, 0.3) is 0 Å². The van der Waals surface area contributed by atoms with Gasteiger partial charge >= 0.3 is 6.29 Å². The first kappa shape index (κ1) is 9.59. The van der Waals surface area contributed by atoms with Gasteiger partial charge in [-0.15, -0.1) is 0 Å². The van der Waals surface area contributed by atoms with Gasteiger partial charge in [-0.1, -0.05) is 30.3 Å². The lowest BCUT2D eigenvalue weighted by atomic mass is 10.2. The zero-order chi connectivity index (χ0) is 11.9. The van der Waals surface area contributed by atoms with Crippen molar-refractivity contribution in [1.82, 2.24) is 0 Å². The minimum absolute atomic E-state index is 0.396. The Hall–Kier alpha value is -2.42. The molecule has 2 aromatic carbocycles. The van der Waals surface area contributed by atoms with Crippen molar-refractivity contribution < 1.29 is 13.9 Å². The van der Waals surface area contributed by atoms with Crippen LogP contribution in [0.3, 0.4) is 0 Å². The Balaban J connectivity index is 1.73. The summed E-state index contributed by atoms with van der Waals surface area (Å²) in [6.07, 6.45) is 0.396. The van der Waals surface area contributed by atoms with E-state index >= 15 is 0 Å². The molecule has 0 saturated carbocycles.